The Morgan fingerprint density at radius 2 is 2.30 bits per heavy atom. The minimum atomic E-state index is 0.932. The van der Waals surface area contributed by atoms with Crippen LogP contribution in [0.2, 0.25) is 0 Å². The van der Waals surface area contributed by atoms with Crippen molar-refractivity contribution >= 4 is 35.3 Å². The number of hydrogen-bond donors (Lipinski definition) is 0. The fourth-order valence-corrected chi connectivity index (χ4v) is 4.20. The first kappa shape index (κ1) is 9.14. The van der Waals surface area contributed by atoms with Crippen LogP contribution in [0.15, 0.2) is 0 Å². The molecule has 0 amide bonds. The van der Waals surface area contributed by atoms with Gasteiger partial charge in [0.2, 0.25) is 0 Å². The number of hydrogen-bond acceptors (Lipinski definition) is 3. The van der Waals surface area contributed by atoms with E-state index in [4.69, 9.17) is 0 Å². The summed E-state index contributed by atoms with van der Waals surface area (Å²) in [5, 5.41) is 1.33. The molecule has 60 valence electrons. The highest BCUT2D eigenvalue weighted by molar-refractivity contribution is 8.33. The van der Waals surface area contributed by atoms with Crippen molar-refractivity contribution in [2.24, 2.45) is 0 Å². The highest BCUT2D eigenvalue weighted by atomic mass is 32.3. The largest absolute Gasteiger partial charge is 0.160 e. The second-order valence-corrected chi connectivity index (χ2v) is 6.50. The van der Waals surface area contributed by atoms with Gasteiger partial charge in [-0.25, -0.2) is 0 Å². The third-order valence-electron chi connectivity index (χ3n) is 1.40. The van der Waals surface area contributed by atoms with Crippen molar-refractivity contribution in [3.05, 3.63) is 0 Å². The van der Waals surface area contributed by atoms with Crippen LogP contribution in [0.4, 0.5) is 0 Å². The summed E-state index contributed by atoms with van der Waals surface area (Å²) in [5.41, 5.74) is 0. The van der Waals surface area contributed by atoms with Gasteiger partial charge in [0, 0.05) is 10.8 Å². The van der Waals surface area contributed by atoms with Crippen LogP contribution in [-0.2, 0) is 0 Å². The van der Waals surface area contributed by atoms with Crippen molar-refractivity contribution in [2.45, 2.75) is 24.3 Å². The molecule has 0 nitrogen and oxygen atoms in total. The van der Waals surface area contributed by atoms with Gasteiger partial charge in [-0.15, -0.1) is 23.5 Å². The molecular weight excluding hydrogens is 180 g/mol. The molecule has 0 spiro atoms. The van der Waals surface area contributed by atoms with Gasteiger partial charge in [-0.05, 0) is 12.2 Å². The number of thioether (sulfide) groups is 3. The quantitative estimate of drug-likeness (QED) is 0.617. The van der Waals surface area contributed by atoms with E-state index in [0.717, 1.165) is 4.58 Å². The van der Waals surface area contributed by atoms with E-state index >= 15 is 0 Å². The molecule has 0 atom stereocenters. The highest BCUT2D eigenvalue weighted by Crippen LogP contribution is 2.40. The van der Waals surface area contributed by atoms with Crippen molar-refractivity contribution in [1.29, 1.82) is 0 Å². The molecule has 1 heterocycles. The summed E-state index contributed by atoms with van der Waals surface area (Å²) < 4.78 is 0.932. The van der Waals surface area contributed by atoms with Crippen LogP contribution in [-0.4, -0.2) is 21.2 Å². The van der Waals surface area contributed by atoms with Crippen molar-refractivity contribution in [1.82, 2.24) is 0 Å². The summed E-state index contributed by atoms with van der Waals surface area (Å²) in [6.07, 6.45) is 2.74. The van der Waals surface area contributed by atoms with E-state index in [1.165, 1.54) is 29.4 Å². The molecule has 1 fully saturated rings. The molecule has 0 aromatic carbocycles. The standard InChI is InChI=1S/C7H14S3/c1-2-3-4-8-5-7-9-6-10-7/h7H,2-6H2,1H3. The molecular formula is C7H14S3. The summed E-state index contributed by atoms with van der Waals surface area (Å²) in [6, 6.07) is 0. The highest BCUT2D eigenvalue weighted by Gasteiger charge is 2.17. The fraction of sp³-hybridized carbons (Fsp3) is 1.00. The van der Waals surface area contributed by atoms with Crippen LogP contribution in [0, 0.1) is 0 Å². The molecule has 3 heteroatoms. The summed E-state index contributed by atoms with van der Waals surface area (Å²) in [6.45, 7) is 2.26. The molecule has 0 aromatic rings. The average Bonchev–Trinajstić information content (AvgIpc) is 1.84. The lowest BCUT2D eigenvalue weighted by Crippen LogP contribution is -2.10. The Bertz CT molecular complexity index is 80.9. The second-order valence-electron chi connectivity index (χ2n) is 2.31. The minimum Gasteiger partial charge on any atom is -0.160 e. The van der Waals surface area contributed by atoms with Gasteiger partial charge in [-0.2, -0.15) is 11.8 Å². The Balaban J connectivity index is 1.76. The van der Waals surface area contributed by atoms with Crippen LogP contribution in [0.1, 0.15) is 19.8 Å². The number of unbranched alkanes of at least 4 members (excludes halogenated alkanes) is 1. The average molecular weight is 194 g/mol. The van der Waals surface area contributed by atoms with Gasteiger partial charge >= 0.3 is 0 Å². The Morgan fingerprint density at radius 3 is 2.80 bits per heavy atom. The first-order valence-electron chi connectivity index (χ1n) is 3.74. The number of rotatable bonds is 5. The van der Waals surface area contributed by atoms with Crippen molar-refractivity contribution in [2.75, 3.05) is 16.6 Å². The normalized spacial score (nSPS) is 18.9. The molecule has 0 N–H and O–H groups in total. The first-order valence-corrected chi connectivity index (χ1v) is 6.99. The molecule has 1 aliphatic rings. The van der Waals surface area contributed by atoms with E-state index in [0.29, 0.717) is 0 Å². The van der Waals surface area contributed by atoms with E-state index < -0.39 is 0 Å². The maximum atomic E-state index is 2.26. The summed E-state index contributed by atoms with van der Waals surface area (Å²) in [4.78, 5) is 0. The first-order chi connectivity index (χ1) is 4.93. The van der Waals surface area contributed by atoms with Crippen LogP contribution >= 0.6 is 35.3 Å². The molecule has 1 saturated heterocycles. The fourth-order valence-electron chi connectivity index (χ4n) is 0.686. The third-order valence-corrected chi connectivity index (χ3v) is 5.95. The SMILES string of the molecule is CCCCSCC1SCS1. The van der Waals surface area contributed by atoms with Gasteiger partial charge in [0.15, 0.2) is 0 Å². The van der Waals surface area contributed by atoms with E-state index in [9.17, 15) is 0 Å². The zero-order chi connectivity index (χ0) is 7.23. The molecule has 0 unspecified atom stereocenters. The molecule has 1 aliphatic heterocycles. The summed E-state index contributed by atoms with van der Waals surface area (Å²) in [7, 11) is 0. The maximum Gasteiger partial charge on any atom is 0.0609 e. The monoisotopic (exact) mass is 194 g/mol. The molecule has 0 aromatic heterocycles. The van der Waals surface area contributed by atoms with E-state index in [-0.39, 0.29) is 0 Å². The van der Waals surface area contributed by atoms with E-state index in [1.54, 1.807) is 0 Å². The Hall–Kier alpha value is 1.05. The third kappa shape index (κ3) is 3.44. The van der Waals surface area contributed by atoms with Crippen LogP contribution in [0.25, 0.3) is 0 Å². The molecule has 0 bridgehead atoms. The van der Waals surface area contributed by atoms with Gasteiger partial charge in [-0.3, -0.25) is 0 Å². The predicted octanol–water partition coefficient (Wildman–Crippen LogP) is 3.28. The molecule has 10 heavy (non-hydrogen) atoms. The van der Waals surface area contributed by atoms with Crippen molar-refractivity contribution in [3.8, 4) is 0 Å². The Morgan fingerprint density at radius 1 is 1.50 bits per heavy atom. The van der Waals surface area contributed by atoms with Gasteiger partial charge in [-0.1, -0.05) is 13.3 Å². The zero-order valence-electron chi connectivity index (χ0n) is 6.34. The lowest BCUT2D eigenvalue weighted by Gasteiger charge is -2.23. The van der Waals surface area contributed by atoms with E-state index in [2.05, 4.69) is 42.2 Å². The zero-order valence-corrected chi connectivity index (χ0v) is 8.79. The molecule has 0 saturated carbocycles. The second kappa shape index (κ2) is 5.67. The van der Waals surface area contributed by atoms with Crippen LogP contribution in [0.5, 0.6) is 0 Å². The Kier molecular flexibility index (Phi) is 5.18. The molecule has 0 radical (unpaired) electrons. The van der Waals surface area contributed by atoms with Crippen LogP contribution < -0.4 is 0 Å². The topological polar surface area (TPSA) is 0 Å². The van der Waals surface area contributed by atoms with Crippen molar-refractivity contribution in [3.63, 3.8) is 0 Å². The minimum absolute atomic E-state index is 0.932. The lowest BCUT2D eigenvalue weighted by atomic mass is 10.4. The maximum absolute atomic E-state index is 2.26. The van der Waals surface area contributed by atoms with Gasteiger partial charge < -0.3 is 0 Å². The van der Waals surface area contributed by atoms with Crippen molar-refractivity contribution < 1.29 is 0 Å². The smallest absolute Gasteiger partial charge is 0.0609 e. The summed E-state index contributed by atoms with van der Waals surface area (Å²) in [5.74, 6) is 2.74. The van der Waals surface area contributed by atoms with Gasteiger partial charge in [0.05, 0.1) is 4.58 Å². The molecule has 1 rings (SSSR count). The lowest BCUT2D eigenvalue weighted by molar-refractivity contribution is 0.896. The summed E-state index contributed by atoms with van der Waals surface area (Å²) >= 11 is 6.33. The van der Waals surface area contributed by atoms with Gasteiger partial charge in [0.25, 0.3) is 0 Å². The molecule has 0 aliphatic carbocycles. The van der Waals surface area contributed by atoms with E-state index in [1.807, 2.05) is 0 Å². The van der Waals surface area contributed by atoms with Crippen LogP contribution in [0.3, 0.4) is 0 Å². The predicted molar refractivity (Wildman–Crippen MR) is 56.1 cm³/mol. The van der Waals surface area contributed by atoms with Gasteiger partial charge in [0.1, 0.15) is 0 Å². The Labute approximate surface area is 76.3 Å².